The summed E-state index contributed by atoms with van der Waals surface area (Å²) in [6, 6.07) is 5.22. The van der Waals surface area contributed by atoms with Gasteiger partial charge in [0.1, 0.15) is 12.4 Å². The highest BCUT2D eigenvalue weighted by Crippen LogP contribution is 2.20. The summed E-state index contributed by atoms with van der Waals surface area (Å²) in [6.07, 6.45) is 0. The maximum atomic E-state index is 11.3. The minimum atomic E-state index is -0.229. The number of aryl methyl sites for hydroxylation is 1. The maximum Gasteiger partial charge on any atom is 0.314 e. The predicted octanol–water partition coefficient (Wildman–Crippen LogP) is 1.97. The number of benzene rings is 1. The number of carbonyl (C=O) groups excluding carboxylic acids is 1. The van der Waals surface area contributed by atoms with Crippen molar-refractivity contribution in [1.82, 2.24) is 10.6 Å². The number of amides is 2. The van der Waals surface area contributed by atoms with Crippen molar-refractivity contribution < 1.29 is 14.3 Å². The molecule has 2 N–H and O–H groups in total. The van der Waals surface area contributed by atoms with Crippen molar-refractivity contribution in [3.8, 4) is 5.75 Å². The molecule has 6 heteroatoms. The zero-order valence-corrected chi connectivity index (χ0v) is 11.9. The van der Waals surface area contributed by atoms with E-state index < -0.39 is 0 Å². The third-order valence-corrected chi connectivity index (χ3v) is 2.80. The van der Waals surface area contributed by atoms with Crippen LogP contribution in [0.3, 0.4) is 0 Å². The summed E-state index contributed by atoms with van der Waals surface area (Å²) in [4.78, 5) is 11.3. The molecule has 5 nitrogen and oxygen atoms in total. The van der Waals surface area contributed by atoms with Gasteiger partial charge < -0.3 is 20.1 Å². The molecule has 0 spiro atoms. The molecule has 0 aliphatic rings. The van der Waals surface area contributed by atoms with E-state index in [2.05, 4.69) is 10.6 Å². The van der Waals surface area contributed by atoms with Gasteiger partial charge in [0.15, 0.2) is 0 Å². The van der Waals surface area contributed by atoms with Gasteiger partial charge in [-0.1, -0.05) is 11.6 Å². The van der Waals surface area contributed by atoms with E-state index >= 15 is 0 Å². The number of urea groups is 1. The topological polar surface area (TPSA) is 59.6 Å². The van der Waals surface area contributed by atoms with Crippen LogP contribution < -0.4 is 15.4 Å². The van der Waals surface area contributed by atoms with Crippen molar-refractivity contribution >= 4 is 17.6 Å². The Morgan fingerprint density at radius 1 is 1.26 bits per heavy atom. The van der Waals surface area contributed by atoms with Crippen LogP contribution in [0.4, 0.5) is 4.79 Å². The average Bonchev–Trinajstić information content (AvgIpc) is 2.39. The Labute approximate surface area is 118 Å². The van der Waals surface area contributed by atoms with E-state index in [-0.39, 0.29) is 6.03 Å². The monoisotopic (exact) mass is 286 g/mol. The van der Waals surface area contributed by atoms with Gasteiger partial charge in [0.25, 0.3) is 0 Å². The first-order chi connectivity index (χ1) is 9.13. The molecule has 0 unspecified atom stereocenters. The molecule has 0 bridgehead atoms. The Morgan fingerprint density at radius 2 is 1.95 bits per heavy atom. The number of ether oxygens (including phenoxy) is 2. The second kappa shape index (κ2) is 8.61. The highest BCUT2D eigenvalue weighted by molar-refractivity contribution is 6.31. The van der Waals surface area contributed by atoms with Gasteiger partial charge in [-0.15, -0.1) is 0 Å². The highest BCUT2D eigenvalue weighted by Gasteiger charge is 2.00. The van der Waals surface area contributed by atoms with Gasteiger partial charge in [-0.3, -0.25) is 0 Å². The molecular formula is C13H19ClN2O3. The number of rotatable bonds is 7. The summed E-state index contributed by atoms with van der Waals surface area (Å²) < 4.78 is 10.3. The molecule has 1 aromatic rings. The Bertz CT molecular complexity index is 413. The van der Waals surface area contributed by atoms with Gasteiger partial charge in [0.2, 0.25) is 0 Å². The van der Waals surface area contributed by atoms with Crippen molar-refractivity contribution in [2.45, 2.75) is 6.92 Å². The number of halogens is 1. The fourth-order valence-electron chi connectivity index (χ4n) is 1.37. The first kappa shape index (κ1) is 15.6. The zero-order chi connectivity index (χ0) is 14.1. The average molecular weight is 287 g/mol. The van der Waals surface area contributed by atoms with Crippen LogP contribution in [0.5, 0.6) is 5.75 Å². The minimum absolute atomic E-state index is 0.229. The Kier molecular flexibility index (Phi) is 7.07. The number of hydrogen-bond donors (Lipinski definition) is 2. The molecule has 106 valence electrons. The van der Waals surface area contributed by atoms with Gasteiger partial charge in [0, 0.05) is 18.7 Å². The van der Waals surface area contributed by atoms with Crippen molar-refractivity contribution in [3.05, 3.63) is 28.8 Å². The van der Waals surface area contributed by atoms with Crippen LogP contribution >= 0.6 is 11.6 Å². The van der Waals surface area contributed by atoms with Gasteiger partial charge >= 0.3 is 6.03 Å². The molecule has 0 fully saturated rings. The molecular weight excluding hydrogens is 268 g/mol. The fraction of sp³-hybridized carbons (Fsp3) is 0.462. The second-order valence-corrected chi connectivity index (χ2v) is 4.34. The van der Waals surface area contributed by atoms with E-state index in [1.54, 1.807) is 19.2 Å². The summed E-state index contributed by atoms with van der Waals surface area (Å²) >= 11 is 5.91. The Balaban J connectivity index is 2.16. The van der Waals surface area contributed by atoms with Crippen LogP contribution in [0.1, 0.15) is 5.56 Å². The summed E-state index contributed by atoms with van der Waals surface area (Å²) in [5.41, 5.74) is 0.962. The van der Waals surface area contributed by atoms with E-state index in [9.17, 15) is 4.79 Å². The summed E-state index contributed by atoms with van der Waals surface area (Å²) in [6.45, 7) is 3.73. The van der Waals surface area contributed by atoms with Crippen LogP contribution in [0.15, 0.2) is 18.2 Å². The van der Waals surface area contributed by atoms with Crippen molar-refractivity contribution in [2.75, 3.05) is 33.4 Å². The highest BCUT2D eigenvalue weighted by atomic mass is 35.5. The van der Waals surface area contributed by atoms with E-state index in [1.165, 1.54) is 0 Å². The number of nitrogens with one attached hydrogen (secondary N) is 2. The molecule has 0 saturated carbocycles. The molecule has 1 aromatic carbocycles. The van der Waals surface area contributed by atoms with Gasteiger partial charge in [-0.2, -0.15) is 0 Å². The SMILES string of the molecule is COCCNC(=O)NCCOc1ccc(Cl)c(C)c1. The third kappa shape index (κ3) is 6.31. The lowest BCUT2D eigenvalue weighted by molar-refractivity contribution is 0.195. The Hall–Kier alpha value is -1.46. The van der Waals surface area contributed by atoms with Crippen LogP contribution in [0.25, 0.3) is 0 Å². The molecule has 1 rings (SSSR count). The molecule has 0 aromatic heterocycles. The first-order valence-electron chi connectivity index (χ1n) is 6.03. The van der Waals surface area contributed by atoms with E-state index in [0.717, 1.165) is 11.3 Å². The predicted molar refractivity (Wildman–Crippen MR) is 75.0 cm³/mol. The van der Waals surface area contributed by atoms with E-state index in [1.807, 2.05) is 13.0 Å². The maximum absolute atomic E-state index is 11.3. The Morgan fingerprint density at radius 3 is 2.58 bits per heavy atom. The van der Waals surface area contributed by atoms with Crippen molar-refractivity contribution in [1.29, 1.82) is 0 Å². The smallest absolute Gasteiger partial charge is 0.314 e. The third-order valence-electron chi connectivity index (χ3n) is 2.38. The van der Waals surface area contributed by atoms with E-state index in [4.69, 9.17) is 21.1 Å². The quantitative estimate of drug-likeness (QED) is 0.754. The summed E-state index contributed by atoms with van der Waals surface area (Å²) in [5, 5.41) is 6.04. The normalized spacial score (nSPS) is 10.1. The van der Waals surface area contributed by atoms with Gasteiger partial charge in [-0.05, 0) is 30.7 Å². The molecule has 0 heterocycles. The van der Waals surface area contributed by atoms with Crippen LogP contribution in [0.2, 0.25) is 5.02 Å². The fourth-order valence-corrected chi connectivity index (χ4v) is 1.49. The molecule has 2 amide bonds. The first-order valence-corrected chi connectivity index (χ1v) is 6.41. The molecule has 0 aliphatic heterocycles. The number of hydrogen-bond acceptors (Lipinski definition) is 3. The lowest BCUT2D eigenvalue weighted by atomic mass is 10.2. The standard InChI is InChI=1S/C13H19ClN2O3/c1-10-9-11(3-4-12(10)14)19-8-6-16-13(17)15-5-7-18-2/h3-4,9H,5-8H2,1-2H3,(H2,15,16,17). The largest absolute Gasteiger partial charge is 0.492 e. The summed E-state index contributed by atoms with van der Waals surface area (Å²) in [7, 11) is 1.58. The molecule has 0 aliphatic carbocycles. The van der Waals surface area contributed by atoms with Crippen LogP contribution in [-0.2, 0) is 4.74 Å². The van der Waals surface area contributed by atoms with Crippen LogP contribution in [0, 0.1) is 6.92 Å². The minimum Gasteiger partial charge on any atom is -0.492 e. The molecule has 0 saturated heterocycles. The number of carbonyl (C=O) groups is 1. The van der Waals surface area contributed by atoms with Crippen LogP contribution in [-0.4, -0.2) is 39.4 Å². The molecule has 0 radical (unpaired) electrons. The van der Waals surface area contributed by atoms with Crippen molar-refractivity contribution in [3.63, 3.8) is 0 Å². The van der Waals surface area contributed by atoms with Gasteiger partial charge in [-0.25, -0.2) is 4.79 Å². The second-order valence-electron chi connectivity index (χ2n) is 3.93. The number of methoxy groups -OCH3 is 1. The zero-order valence-electron chi connectivity index (χ0n) is 11.2. The molecule has 19 heavy (non-hydrogen) atoms. The lowest BCUT2D eigenvalue weighted by Crippen LogP contribution is -2.39. The summed E-state index contributed by atoms with van der Waals surface area (Å²) in [5.74, 6) is 0.739. The van der Waals surface area contributed by atoms with E-state index in [0.29, 0.717) is 31.3 Å². The van der Waals surface area contributed by atoms with Gasteiger partial charge in [0.05, 0.1) is 13.2 Å². The molecule has 0 atom stereocenters. The lowest BCUT2D eigenvalue weighted by Gasteiger charge is -2.09. The van der Waals surface area contributed by atoms with Crippen molar-refractivity contribution in [2.24, 2.45) is 0 Å².